The predicted octanol–water partition coefficient (Wildman–Crippen LogP) is 0.215. The van der Waals surface area contributed by atoms with E-state index in [1.807, 2.05) is 39.8 Å². The maximum Gasteiger partial charge on any atom is 0.224 e. The van der Waals surface area contributed by atoms with Crippen LogP contribution in [0, 0.1) is 11.8 Å². The first kappa shape index (κ1) is 15.0. The summed E-state index contributed by atoms with van der Waals surface area (Å²) in [5.41, 5.74) is -0.231. The molecule has 0 bridgehead atoms. The second-order valence-corrected chi connectivity index (χ2v) is 6.28. The van der Waals surface area contributed by atoms with Crippen molar-refractivity contribution in [2.75, 3.05) is 27.2 Å². The average Bonchev–Trinajstić information content (AvgIpc) is 2.93. The smallest absolute Gasteiger partial charge is 0.224 e. The Hall–Kier alpha value is -1.10. The van der Waals surface area contributed by atoms with Crippen molar-refractivity contribution in [1.29, 1.82) is 0 Å². The van der Waals surface area contributed by atoms with Gasteiger partial charge in [-0.2, -0.15) is 0 Å². The van der Waals surface area contributed by atoms with Gasteiger partial charge in [0.1, 0.15) is 0 Å². The summed E-state index contributed by atoms with van der Waals surface area (Å²) in [6.07, 6.45) is 0.676. The lowest BCUT2D eigenvalue weighted by Crippen LogP contribution is -2.42. The van der Waals surface area contributed by atoms with Crippen molar-refractivity contribution in [3.05, 3.63) is 0 Å². The maximum atomic E-state index is 11.8. The molecule has 0 aromatic heterocycles. The largest absolute Gasteiger partial charge is 0.355 e. The van der Waals surface area contributed by atoms with E-state index >= 15 is 0 Å². The van der Waals surface area contributed by atoms with Crippen LogP contribution in [0.2, 0.25) is 0 Å². The second kappa shape index (κ2) is 5.69. The highest BCUT2D eigenvalue weighted by molar-refractivity contribution is 5.92. The summed E-state index contributed by atoms with van der Waals surface area (Å²) in [5, 5.41) is 5.78. The highest BCUT2D eigenvalue weighted by atomic mass is 16.2. The van der Waals surface area contributed by atoms with Crippen LogP contribution in [0.4, 0.5) is 0 Å². The van der Waals surface area contributed by atoms with E-state index in [9.17, 15) is 9.59 Å². The maximum absolute atomic E-state index is 11.8. The molecule has 1 saturated carbocycles. The van der Waals surface area contributed by atoms with E-state index < -0.39 is 0 Å². The standard InChI is InChI=1S/C13H25N3O2/c1-13(2,3)15-12(18)10-8-9(10)11(17)14-6-7-16(4)5/h9-10H,6-8H2,1-5H3,(H,14,17)(H,15,18). The van der Waals surface area contributed by atoms with Crippen LogP contribution in [0.15, 0.2) is 0 Å². The van der Waals surface area contributed by atoms with E-state index in [2.05, 4.69) is 10.6 Å². The molecule has 2 atom stereocenters. The molecule has 2 unspecified atom stereocenters. The lowest BCUT2D eigenvalue weighted by molar-refractivity contribution is -0.128. The van der Waals surface area contributed by atoms with Gasteiger partial charge in [-0.05, 0) is 41.3 Å². The molecule has 5 nitrogen and oxygen atoms in total. The Labute approximate surface area is 109 Å². The van der Waals surface area contributed by atoms with Crippen molar-refractivity contribution in [1.82, 2.24) is 15.5 Å². The zero-order valence-corrected chi connectivity index (χ0v) is 12.0. The first-order valence-corrected chi connectivity index (χ1v) is 6.45. The van der Waals surface area contributed by atoms with Crippen LogP contribution in [0.25, 0.3) is 0 Å². The average molecular weight is 255 g/mol. The number of likely N-dealkylation sites (N-methyl/N-ethyl adjacent to an activating group) is 1. The molecule has 104 valence electrons. The molecule has 0 spiro atoms. The minimum atomic E-state index is -0.231. The Kier molecular flexibility index (Phi) is 4.73. The number of rotatable bonds is 5. The quantitative estimate of drug-likeness (QED) is 0.738. The number of hydrogen-bond donors (Lipinski definition) is 2. The lowest BCUT2D eigenvalue weighted by atomic mass is 10.1. The molecule has 0 saturated heterocycles. The summed E-state index contributed by atoms with van der Waals surface area (Å²) >= 11 is 0. The first-order valence-electron chi connectivity index (χ1n) is 6.45. The summed E-state index contributed by atoms with van der Waals surface area (Å²) < 4.78 is 0. The van der Waals surface area contributed by atoms with Gasteiger partial charge < -0.3 is 15.5 Å². The third-order valence-corrected chi connectivity index (χ3v) is 2.82. The van der Waals surface area contributed by atoms with E-state index in [-0.39, 0.29) is 29.2 Å². The molecule has 2 amide bonds. The summed E-state index contributed by atoms with van der Waals surface area (Å²) in [7, 11) is 3.92. The molecule has 0 aromatic rings. The summed E-state index contributed by atoms with van der Waals surface area (Å²) in [5.74, 6) is -0.265. The van der Waals surface area contributed by atoms with E-state index in [0.717, 1.165) is 6.54 Å². The minimum Gasteiger partial charge on any atom is -0.355 e. The van der Waals surface area contributed by atoms with Crippen LogP contribution >= 0.6 is 0 Å². The molecular weight excluding hydrogens is 230 g/mol. The number of amides is 2. The minimum absolute atomic E-state index is 0.00439. The lowest BCUT2D eigenvalue weighted by Gasteiger charge is -2.20. The molecular formula is C13H25N3O2. The Bertz CT molecular complexity index is 321. The van der Waals surface area contributed by atoms with Gasteiger partial charge in [0.2, 0.25) is 11.8 Å². The molecule has 1 aliphatic rings. The SMILES string of the molecule is CN(C)CCNC(=O)C1CC1C(=O)NC(C)(C)C. The number of nitrogens with zero attached hydrogens (tertiary/aromatic N) is 1. The fourth-order valence-corrected chi connectivity index (χ4v) is 1.77. The van der Waals surface area contributed by atoms with Crippen LogP contribution in [0.1, 0.15) is 27.2 Å². The van der Waals surface area contributed by atoms with Gasteiger partial charge in [-0.25, -0.2) is 0 Å². The fraction of sp³-hybridized carbons (Fsp3) is 0.846. The van der Waals surface area contributed by atoms with E-state index in [0.29, 0.717) is 13.0 Å². The van der Waals surface area contributed by atoms with E-state index in [1.54, 1.807) is 0 Å². The third-order valence-electron chi connectivity index (χ3n) is 2.82. The number of carbonyl (C=O) groups is 2. The Morgan fingerprint density at radius 1 is 1.17 bits per heavy atom. The van der Waals surface area contributed by atoms with Crippen molar-refractivity contribution in [3.63, 3.8) is 0 Å². The molecule has 2 N–H and O–H groups in total. The highest BCUT2D eigenvalue weighted by Gasteiger charge is 2.48. The fourth-order valence-electron chi connectivity index (χ4n) is 1.77. The van der Waals surface area contributed by atoms with Crippen LogP contribution in [0.3, 0.4) is 0 Å². The first-order chi connectivity index (χ1) is 8.20. The van der Waals surface area contributed by atoms with Gasteiger partial charge in [-0.15, -0.1) is 0 Å². The molecule has 18 heavy (non-hydrogen) atoms. The van der Waals surface area contributed by atoms with Crippen molar-refractivity contribution in [2.45, 2.75) is 32.7 Å². The van der Waals surface area contributed by atoms with Crippen LogP contribution in [0.5, 0.6) is 0 Å². The molecule has 0 radical (unpaired) electrons. The molecule has 0 aromatic carbocycles. The molecule has 1 fully saturated rings. The number of carbonyl (C=O) groups excluding carboxylic acids is 2. The second-order valence-electron chi connectivity index (χ2n) is 6.28. The van der Waals surface area contributed by atoms with Gasteiger partial charge in [-0.3, -0.25) is 9.59 Å². The van der Waals surface area contributed by atoms with Crippen molar-refractivity contribution in [2.24, 2.45) is 11.8 Å². The Morgan fingerprint density at radius 3 is 2.22 bits per heavy atom. The Morgan fingerprint density at radius 2 is 1.72 bits per heavy atom. The summed E-state index contributed by atoms with van der Waals surface area (Å²) in [6.45, 7) is 7.28. The topological polar surface area (TPSA) is 61.4 Å². The number of hydrogen-bond acceptors (Lipinski definition) is 3. The van der Waals surface area contributed by atoms with Crippen molar-refractivity contribution >= 4 is 11.8 Å². The van der Waals surface area contributed by atoms with Crippen LogP contribution in [-0.2, 0) is 9.59 Å². The summed E-state index contributed by atoms with van der Waals surface area (Å²) in [6, 6.07) is 0. The molecule has 0 heterocycles. The van der Waals surface area contributed by atoms with Crippen LogP contribution in [-0.4, -0.2) is 49.4 Å². The monoisotopic (exact) mass is 255 g/mol. The highest BCUT2D eigenvalue weighted by Crippen LogP contribution is 2.39. The molecule has 1 rings (SSSR count). The third kappa shape index (κ3) is 5.04. The van der Waals surface area contributed by atoms with Gasteiger partial charge in [0.25, 0.3) is 0 Å². The number of nitrogens with one attached hydrogen (secondary N) is 2. The van der Waals surface area contributed by atoms with Crippen molar-refractivity contribution < 1.29 is 9.59 Å². The Balaban J connectivity index is 2.27. The zero-order chi connectivity index (χ0) is 13.9. The van der Waals surface area contributed by atoms with Gasteiger partial charge >= 0.3 is 0 Å². The van der Waals surface area contributed by atoms with Gasteiger partial charge in [-0.1, -0.05) is 0 Å². The molecule has 1 aliphatic carbocycles. The van der Waals surface area contributed by atoms with Gasteiger partial charge in [0.15, 0.2) is 0 Å². The normalized spacial score (nSPS) is 22.8. The zero-order valence-electron chi connectivity index (χ0n) is 12.0. The van der Waals surface area contributed by atoms with Gasteiger partial charge in [0.05, 0.1) is 11.8 Å². The van der Waals surface area contributed by atoms with Crippen LogP contribution < -0.4 is 10.6 Å². The summed E-state index contributed by atoms with van der Waals surface area (Å²) in [4.78, 5) is 25.6. The van der Waals surface area contributed by atoms with Crippen molar-refractivity contribution in [3.8, 4) is 0 Å². The molecule has 0 aliphatic heterocycles. The van der Waals surface area contributed by atoms with Gasteiger partial charge in [0, 0.05) is 18.6 Å². The molecule has 5 heteroatoms. The van der Waals surface area contributed by atoms with E-state index in [4.69, 9.17) is 0 Å². The van der Waals surface area contributed by atoms with E-state index in [1.165, 1.54) is 0 Å². The predicted molar refractivity (Wildman–Crippen MR) is 71.1 cm³/mol.